The van der Waals surface area contributed by atoms with E-state index >= 15 is 0 Å². The van der Waals surface area contributed by atoms with Crippen molar-refractivity contribution in [3.8, 4) is 17.0 Å². The van der Waals surface area contributed by atoms with Gasteiger partial charge in [-0.25, -0.2) is 4.99 Å². The molecule has 0 spiro atoms. The third-order valence-corrected chi connectivity index (χ3v) is 6.13. The molecule has 0 radical (unpaired) electrons. The van der Waals surface area contributed by atoms with Crippen molar-refractivity contribution in [1.29, 1.82) is 0 Å². The van der Waals surface area contributed by atoms with Gasteiger partial charge < -0.3 is 19.4 Å². The molecule has 0 aliphatic carbocycles. The van der Waals surface area contributed by atoms with E-state index in [-0.39, 0.29) is 18.6 Å². The number of rotatable bonds is 5. The highest BCUT2D eigenvalue weighted by atomic mass is 35.5. The first kappa shape index (κ1) is 20.7. The highest BCUT2D eigenvalue weighted by molar-refractivity contribution is 7.07. The molecule has 1 aromatic heterocycles. The molecule has 6 nitrogen and oxygen atoms in total. The number of ether oxygens (including phenoxy) is 2. The summed E-state index contributed by atoms with van der Waals surface area (Å²) in [7, 11) is 1.69. The fourth-order valence-electron chi connectivity index (χ4n) is 3.36. The Bertz CT molecular complexity index is 1170. The lowest BCUT2D eigenvalue weighted by molar-refractivity contribution is -0.118. The second kappa shape index (κ2) is 8.63. The van der Waals surface area contributed by atoms with E-state index in [1.165, 1.54) is 0 Å². The van der Waals surface area contributed by atoms with E-state index in [4.69, 9.17) is 26.1 Å². The molecule has 1 unspecified atom stereocenters. The van der Waals surface area contributed by atoms with Crippen molar-refractivity contribution in [3.63, 3.8) is 0 Å². The van der Waals surface area contributed by atoms with Crippen LogP contribution in [0.1, 0.15) is 18.5 Å². The van der Waals surface area contributed by atoms with Crippen LogP contribution >= 0.6 is 22.9 Å². The normalized spacial score (nSPS) is 14.8. The Hall–Kier alpha value is -2.61. The summed E-state index contributed by atoms with van der Waals surface area (Å²) in [5, 5.41) is 5.62. The van der Waals surface area contributed by atoms with Gasteiger partial charge in [-0.3, -0.25) is 4.79 Å². The predicted molar refractivity (Wildman–Crippen MR) is 120 cm³/mol. The van der Waals surface area contributed by atoms with Gasteiger partial charge in [0.2, 0.25) is 0 Å². The molecule has 2 aromatic carbocycles. The molecule has 1 N–H and O–H groups in total. The second-order valence-corrected chi connectivity index (χ2v) is 8.41. The van der Waals surface area contributed by atoms with E-state index in [9.17, 15) is 4.79 Å². The highest BCUT2D eigenvalue weighted by Gasteiger charge is 2.19. The van der Waals surface area contributed by atoms with Crippen LogP contribution in [0.4, 0.5) is 11.4 Å². The van der Waals surface area contributed by atoms with Gasteiger partial charge >= 0.3 is 0 Å². The van der Waals surface area contributed by atoms with Gasteiger partial charge in [0.15, 0.2) is 11.4 Å². The number of benzene rings is 2. The first-order chi connectivity index (χ1) is 14.5. The number of halogens is 1. The largest absolute Gasteiger partial charge is 0.482 e. The maximum Gasteiger partial charge on any atom is 0.262 e. The Kier molecular flexibility index (Phi) is 5.94. The Morgan fingerprint density at radius 3 is 2.93 bits per heavy atom. The van der Waals surface area contributed by atoms with Gasteiger partial charge in [0, 0.05) is 23.1 Å². The van der Waals surface area contributed by atoms with Crippen LogP contribution in [0, 0.1) is 6.92 Å². The molecule has 0 saturated heterocycles. The number of hydrogen-bond donors (Lipinski definition) is 1. The minimum atomic E-state index is -0.155. The van der Waals surface area contributed by atoms with Crippen molar-refractivity contribution in [1.82, 2.24) is 4.57 Å². The number of carbonyl (C=O) groups is 1. The van der Waals surface area contributed by atoms with Crippen molar-refractivity contribution in [2.24, 2.45) is 4.99 Å². The van der Waals surface area contributed by atoms with Gasteiger partial charge in [0.05, 0.1) is 29.7 Å². The number of nitrogens with zero attached hydrogens (tertiary/aromatic N) is 2. The van der Waals surface area contributed by atoms with Crippen molar-refractivity contribution in [3.05, 3.63) is 57.2 Å². The van der Waals surface area contributed by atoms with E-state index in [2.05, 4.69) is 22.2 Å². The number of amides is 1. The molecule has 0 saturated carbocycles. The lowest BCUT2D eigenvalue weighted by Crippen LogP contribution is -2.25. The molecule has 4 rings (SSSR count). The predicted octanol–water partition coefficient (Wildman–Crippen LogP) is 4.95. The molecule has 1 aliphatic heterocycles. The van der Waals surface area contributed by atoms with Crippen LogP contribution in [-0.4, -0.2) is 30.8 Å². The van der Waals surface area contributed by atoms with E-state index in [1.807, 2.05) is 43.3 Å². The number of nitrogens with one attached hydrogen (secondary N) is 1. The number of anilines is 1. The van der Waals surface area contributed by atoms with Crippen LogP contribution in [-0.2, 0) is 9.53 Å². The monoisotopic (exact) mass is 443 g/mol. The summed E-state index contributed by atoms with van der Waals surface area (Å²) in [5.41, 5.74) is 4.43. The molecule has 30 heavy (non-hydrogen) atoms. The molecule has 156 valence electrons. The molecule has 8 heteroatoms. The molecule has 2 heterocycles. The number of aryl methyl sites for hydroxylation is 1. The fraction of sp³-hybridized carbons (Fsp3) is 0.273. The molecule has 1 aliphatic rings. The number of methoxy groups -OCH3 is 1. The van der Waals surface area contributed by atoms with Crippen molar-refractivity contribution < 1.29 is 14.3 Å². The summed E-state index contributed by atoms with van der Waals surface area (Å²) >= 11 is 7.83. The Labute approximate surface area is 183 Å². The first-order valence-corrected chi connectivity index (χ1v) is 10.8. The average Bonchev–Trinajstić information content (AvgIpc) is 3.14. The number of aromatic nitrogens is 1. The van der Waals surface area contributed by atoms with E-state index in [1.54, 1.807) is 18.4 Å². The van der Waals surface area contributed by atoms with Crippen LogP contribution in [0.3, 0.4) is 0 Å². The number of carbonyl (C=O) groups excluding carboxylic acids is 1. The van der Waals surface area contributed by atoms with Crippen molar-refractivity contribution in [2.45, 2.75) is 19.9 Å². The third-order valence-electron chi connectivity index (χ3n) is 4.88. The summed E-state index contributed by atoms with van der Waals surface area (Å²) in [6.07, 6.45) is 0. The van der Waals surface area contributed by atoms with Crippen LogP contribution < -0.4 is 14.9 Å². The molecule has 0 bridgehead atoms. The third kappa shape index (κ3) is 4.14. The Morgan fingerprint density at radius 1 is 1.33 bits per heavy atom. The summed E-state index contributed by atoms with van der Waals surface area (Å²) in [4.78, 5) is 17.4. The minimum Gasteiger partial charge on any atom is -0.482 e. The first-order valence-electron chi connectivity index (χ1n) is 9.53. The van der Waals surface area contributed by atoms with E-state index in [0.717, 1.165) is 27.3 Å². The van der Waals surface area contributed by atoms with Gasteiger partial charge in [0.1, 0.15) is 5.75 Å². The van der Waals surface area contributed by atoms with Gasteiger partial charge in [-0.1, -0.05) is 17.7 Å². The van der Waals surface area contributed by atoms with E-state index < -0.39 is 0 Å². The van der Waals surface area contributed by atoms with Gasteiger partial charge in [-0.2, -0.15) is 0 Å². The second-order valence-electron chi connectivity index (χ2n) is 7.17. The lowest BCUT2D eigenvalue weighted by Gasteiger charge is -2.20. The maximum atomic E-state index is 11.7. The van der Waals surface area contributed by atoms with Gasteiger partial charge in [0.25, 0.3) is 5.91 Å². The smallest absolute Gasteiger partial charge is 0.262 e. The molecule has 1 amide bonds. The average molecular weight is 444 g/mol. The van der Waals surface area contributed by atoms with Crippen molar-refractivity contribution >= 4 is 40.2 Å². The SMILES string of the molecule is COCC(C)n1c(-c2ccc3c(c2)NC(=O)CO3)csc1=Nc1ccc(C)c(Cl)c1. The molecule has 1 atom stereocenters. The van der Waals surface area contributed by atoms with Gasteiger partial charge in [-0.15, -0.1) is 11.3 Å². The molecular weight excluding hydrogens is 422 g/mol. The number of fused-ring (bicyclic) bond motifs is 1. The minimum absolute atomic E-state index is 0.0395. The number of thiazole rings is 1. The molecular formula is C22H22ClN3O3S. The molecule has 3 aromatic rings. The van der Waals surface area contributed by atoms with Crippen LogP contribution in [0.5, 0.6) is 5.75 Å². The topological polar surface area (TPSA) is 64.8 Å². The zero-order chi connectivity index (χ0) is 21.3. The zero-order valence-electron chi connectivity index (χ0n) is 16.9. The standard InChI is InChI=1S/C22H22ClN3O3S/c1-13-4-6-16(9-17(13)23)24-22-26(14(2)10-28-3)19(12-30-22)15-5-7-20-18(8-15)25-21(27)11-29-20/h4-9,12,14H,10-11H2,1-3H3,(H,25,27). The summed E-state index contributed by atoms with van der Waals surface area (Å²) < 4.78 is 13.0. The van der Waals surface area contributed by atoms with Crippen LogP contribution in [0.15, 0.2) is 46.8 Å². The van der Waals surface area contributed by atoms with Crippen molar-refractivity contribution in [2.75, 3.05) is 25.6 Å². The zero-order valence-corrected chi connectivity index (χ0v) is 18.5. The Morgan fingerprint density at radius 2 is 2.17 bits per heavy atom. The summed E-state index contributed by atoms with van der Waals surface area (Å²) in [5.74, 6) is 0.516. The fourth-order valence-corrected chi connectivity index (χ4v) is 4.55. The van der Waals surface area contributed by atoms with Crippen LogP contribution in [0.25, 0.3) is 11.3 Å². The van der Waals surface area contributed by atoms with Crippen LogP contribution in [0.2, 0.25) is 5.02 Å². The quantitative estimate of drug-likeness (QED) is 0.606. The summed E-state index contributed by atoms with van der Waals surface area (Å²) in [6.45, 7) is 4.63. The highest BCUT2D eigenvalue weighted by Crippen LogP contribution is 2.34. The Balaban J connectivity index is 1.83. The lowest BCUT2D eigenvalue weighted by atomic mass is 10.1. The maximum absolute atomic E-state index is 11.7. The molecule has 0 fully saturated rings. The van der Waals surface area contributed by atoms with E-state index in [0.29, 0.717) is 23.1 Å². The summed E-state index contributed by atoms with van der Waals surface area (Å²) in [6, 6.07) is 11.6. The van der Waals surface area contributed by atoms with Gasteiger partial charge in [-0.05, 0) is 49.7 Å². The number of hydrogen-bond acceptors (Lipinski definition) is 5.